The molecule has 0 fully saturated rings. The molecule has 30 heavy (non-hydrogen) atoms. The summed E-state index contributed by atoms with van der Waals surface area (Å²) >= 11 is 1.11. The van der Waals surface area contributed by atoms with Crippen molar-refractivity contribution in [2.75, 3.05) is 18.9 Å². The van der Waals surface area contributed by atoms with Crippen molar-refractivity contribution in [2.45, 2.75) is 64.4 Å². The van der Waals surface area contributed by atoms with Gasteiger partial charge in [-0.2, -0.15) is 22.9 Å². The van der Waals surface area contributed by atoms with E-state index in [1.54, 1.807) is 18.3 Å². The summed E-state index contributed by atoms with van der Waals surface area (Å²) in [6, 6.07) is 2.69. The minimum absolute atomic E-state index is 0. The Morgan fingerprint density at radius 3 is 2.50 bits per heavy atom. The fourth-order valence-corrected chi connectivity index (χ4v) is 4.46. The summed E-state index contributed by atoms with van der Waals surface area (Å²) in [5.41, 5.74) is 9.53. The van der Waals surface area contributed by atoms with Crippen LogP contribution in [-0.4, -0.2) is 43.9 Å². The van der Waals surface area contributed by atoms with Gasteiger partial charge in [-0.3, -0.25) is 0 Å². The van der Waals surface area contributed by atoms with Crippen LogP contribution in [0.15, 0.2) is 6.07 Å². The first kappa shape index (κ1) is 23.2. The van der Waals surface area contributed by atoms with Crippen molar-refractivity contribution in [3.63, 3.8) is 0 Å². The van der Waals surface area contributed by atoms with Gasteiger partial charge in [0.15, 0.2) is 12.2 Å². The number of hydrogen-bond donors (Lipinski definition) is 4. The first-order chi connectivity index (χ1) is 13.9. The van der Waals surface area contributed by atoms with E-state index < -0.39 is 5.60 Å². The third-order valence-electron chi connectivity index (χ3n) is 5.48. The lowest BCUT2D eigenvalue weighted by atomic mass is 9.99. The van der Waals surface area contributed by atoms with Crippen LogP contribution in [0.5, 0.6) is 6.01 Å². The molecule has 0 spiro atoms. The summed E-state index contributed by atoms with van der Waals surface area (Å²) in [6.07, 6.45) is 7.68. The van der Waals surface area contributed by atoms with E-state index in [2.05, 4.69) is 32.0 Å². The Kier molecular flexibility index (Phi) is 7.56. The Bertz CT molecular complexity index is 835. The normalized spacial score (nSPS) is 15.1. The van der Waals surface area contributed by atoms with Gasteiger partial charge >= 0.3 is 6.01 Å². The SMILES string of the molecule is CN(NCCC(C)(C)O)SOc1n[nH]c(Nc2c3c(cc4c2CCC4)CCC3)n1.S. The predicted octanol–water partition coefficient (Wildman–Crippen LogP) is 3.18. The van der Waals surface area contributed by atoms with Crippen LogP contribution in [0.3, 0.4) is 0 Å². The lowest BCUT2D eigenvalue weighted by Gasteiger charge is -2.20. The number of aryl methyl sites for hydroxylation is 2. The van der Waals surface area contributed by atoms with Gasteiger partial charge in [-0.05, 0) is 81.0 Å². The van der Waals surface area contributed by atoms with Crippen molar-refractivity contribution in [3.05, 3.63) is 28.3 Å². The zero-order valence-electron chi connectivity index (χ0n) is 17.8. The molecule has 0 bridgehead atoms. The van der Waals surface area contributed by atoms with E-state index in [1.807, 2.05) is 7.05 Å². The van der Waals surface area contributed by atoms with Gasteiger partial charge < -0.3 is 14.6 Å². The number of nitrogens with zero attached hydrogens (tertiary/aromatic N) is 3. The van der Waals surface area contributed by atoms with Gasteiger partial charge in [-0.15, -0.1) is 5.10 Å². The quantitative estimate of drug-likeness (QED) is 0.262. The molecule has 2 aromatic rings. The van der Waals surface area contributed by atoms with Crippen molar-refractivity contribution in [2.24, 2.45) is 0 Å². The third-order valence-corrected chi connectivity index (χ3v) is 6.05. The zero-order valence-corrected chi connectivity index (χ0v) is 19.7. The predicted molar refractivity (Wildman–Crippen MR) is 125 cm³/mol. The molecule has 0 atom stereocenters. The molecule has 0 aliphatic heterocycles. The Morgan fingerprint density at radius 2 is 1.87 bits per heavy atom. The standard InChI is InChI=1S/C20H30N6O2S.H2S/c1-20(2,27)10-11-21-26(3)29-28-19-23-18(24-25-19)22-17-15-8-4-6-13(15)12-14-7-5-9-16(14)17;/h12,21,27H,4-11H2,1-3H3,(H2,22,23,24,25);1H2. The number of rotatable bonds is 9. The molecule has 0 radical (unpaired) electrons. The maximum absolute atomic E-state index is 9.75. The van der Waals surface area contributed by atoms with E-state index in [0.717, 1.165) is 25.1 Å². The number of aromatic nitrogens is 3. The fourth-order valence-electron chi connectivity index (χ4n) is 4.06. The summed E-state index contributed by atoms with van der Waals surface area (Å²) in [4.78, 5) is 4.43. The first-order valence-corrected chi connectivity index (χ1v) is 11.0. The number of fused-ring (bicyclic) bond motifs is 2. The topological polar surface area (TPSA) is 98.3 Å². The zero-order chi connectivity index (χ0) is 20.4. The molecule has 0 unspecified atom stereocenters. The average molecular weight is 453 g/mol. The fraction of sp³-hybridized carbons (Fsp3) is 0.600. The molecule has 0 amide bonds. The summed E-state index contributed by atoms with van der Waals surface area (Å²) in [7, 11) is 1.84. The highest BCUT2D eigenvalue weighted by molar-refractivity contribution is 7.92. The molecule has 4 N–H and O–H groups in total. The number of H-pyrrole nitrogens is 1. The highest BCUT2D eigenvalue weighted by Crippen LogP contribution is 2.39. The van der Waals surface area contributed by atoms with Crippen molar-refractivity contribution in [3.8, 4) is 6.01 Å². The van der Waals surface area contributed by atoms with Crippen LogP contribution in [0.1, 0.15) is 55.4 Å². The number of hydrogen-bond acceptors (Lipinski definition) is 8. The number of aliphatic hydroxyl groups is 1. The van der Waals surface area contributed by atoms with E-state index in [1.165, 1.54) is 53.6 Å². The van der Waals surface area contributed by atoms with E-state index in [4.69, 9.17) is 4.18 Å². The summed E-state index contributed by atoms with van der Waals surface area (Å²) < 4.78 is 7.31. The van der Waals surface area contributed by atoms with Crippen molar-refractivity contribution in [1.29, 1.82) is 0 Å². The maximum Gasteiger partial charge on any atom is 0.350 e. The molecule has 2 aliphatic rings. The number of anilines is 2. The second-order valence-electron chi connectivity index (χ2n) is 8.45. The van der Waals surface area contributed by atoms with Gasteiger partial charge in [0.05, 0.1) is 5.60 Å². The molecule has 8 nitrogen and oxygen atoms in total. The van der Waals surface area contributed by atoms with Crippen LogP contribution >= 0.6 is 25.7 Å². The summed E-state index contributed by atoms with van der Waals surface area (Å²) in [5.74, 6) is 0.604. The Balaban J connectivity index is 0.00000256. The molecule has 2 aliphatic carbocycles. The van der Waals surface area contributed by atoms with Crippen molar-refractivity contribution < 1.29 is 9.29 Å². The number of benzene rings is 1. The minimum Gasteiger partial charge on any atom is -0.390 e. The molecule has 4 rings (SSSR count). The molecule has 0 saturated carbocycles. The van der Waals surface area contributed by atoms with Gasteiger partial charge in [0.1, 0.15) is 0 Å². The maximum atomic E-state index is 9.75. The van der Waals surface area contributed by atoms with Crippen LogP contribution in [0.4, 0.5) is 11.6 Å². The van der Waals surface area contributed by atoms with Crippen LogP contribution in [-0.2, 0) is 25.7 Å². The molecular formula is C20H32N6O2S2. The van der Waals surface area contributed by atoms with Gasteiger partial charge in [0, 0.05) is 19.3 Å². The molecule has 166 valence electrons. The Morgan fingerprint density at radius 1 is 1.20 bits per heavy atom. The van der Waals surface area contributed by atoms with E-state index >= 15 is 0 Å². The lowest BCUT2D eigenvalue weighted by molar-refractivity contribution is 0.0681. The largest absolute Gasteiger partial charge is 0.390 e. The van der Waals surface area contributed by atoms with Crippen LogP contribution in [0.2, 0.25) is 0 Å². The van der Waals surface area contributed by atoms with Gasteiger partial charge in [0.25, 0.3) is 0 Å². The van der Waals surface area contributed by atoms with Crippen molar-refractivity contribution >= 4 is 37.4 Å². The second kappa shape index (κ2) is 9.78. The average Bonchev–Trinajstić information content (AvgIpc) is 3.39. The molecule has 1 heterocycles. The molecule has 1 aromatic carbocycles. The molecule has 10 heteroatoms. The number of hydrazine groups is 1. The van der Waals surface area contributed by atoms with E-state index in [9.17, 15) is 5.11 Å². The Labute approximate surface area is 189 Å². The van der Waals surface area contributed by atoms with Crippen molar-refractivity contribution in [1.82, 2.24) is 25.0 Å². The van der Waals surface area contributed by atoms with Gasteiger partial charge in [-0.25, -0.2) is 10.5 Å². The number of aromatic amines is 1. The minimum atomic E-state index is -0.693. The molecule has 1 aromatic heterocycles. The molecular weight excluding hydrogens is 420 g/mol. The van der Waals surface area contributed by atoms with Crippen LogP contribution < -0.4 is 14.9 Å². The van der Waals surface area contributed by atoms with Gasteiger partial charge in [-0.1, -0.05) is 6.07 Å². The van der Waals surface area contributed by atoms with Gasteiger partial charge in [0.2, 0.25) is 5.95 Å². The monoisotopic (exact) mass is 452 g/mol. The van der Waals surface area contributed by atoms with Crippen LogP contribution in [0.25, 0.3) is 0 Å². The van der Waals surface area contributed by atoms with E-state index in [0.29, 0.717) is 18.9 Å². The molecule has 0 saturated heterocycles. The van der Waals surface area contributed by atoms with E-state index in [-0.39, 0.29) is 19.5 Å². The highest BCUT2D eigenvalue weighted by Gasteiger charge is 2.24. The Hall–Kier alpha value is -1.46. The third kappa shape index (κ3) is 5.61. The second-order valence-corrected chi connectivity index (χ2v) is 9.31. The summed E-state index contributed by atoms with van der Waals surface area (Å²) in [6.45, 7) is 4.22. The smallest absolute Gasteiger partial charge is 0.350 e. The highest BCUT2D eigenvalue weighted by atomic mass is 32.2. The first-order valence-electron chi connectivity index (χ1n) is 10.3. The summed E-state index contributed by atoms with van der Waals surface area (Å²) in [5, 5.41) is 20.3. The number of nitrogens with one attached hydrogen (secondary N) is 3. The van der Waals surface area contributed by atoms with Crippen LogP contribution in [0, 0.1) is 0 Å². The lowest BCUT2D eigenvalue weighted by Crippen LogP contribution is -2.34.